The number of halogens is 3. The minimum Gasteiger partial charge on any atom is -0.354 e. The van der Waals surface area contributed by atoms with Gasteiger partial charge >= 0.3 is 0 Å². The van der Waals surface area contributed by atoms with E-state index in [2.05, 4.69) is 20.3 Å². The van der Waals surface area contributed by atoms with Gasteiger partial charge in [-0.3, -0.25) is 15.5 Å². The lowest BCUT2D eigenvalue weighted by atomic mass is 10.2. The predicted octanol–water partition coefficient (Wildman–Crippen LogP) is 3.04. The van der Waals surface area contributed by atoms with E-state index in [4.69, 9.17) is 17.0 Å². The lowest BCUT2D eigenvalue weighted by Gasteiger charge is -2.34. The molecule has 1 aliphatic rings. The molecule has 0 saturated carbocycles. The fourth-order valence-corrected chi connectivity index (χ4v) is 3.25. The average molecular weight is 422 g/mol. The summed E-state index contributed by atoms with van der Waals surface area (Å²) < 4.78 is 26.2. The van der Waals surface area contributed by atoms with Crippen molar-refractivity contribution in [3.8, 4) is 0 Å². The third kappa shape index (κ3) is 4.00. The zero-order valence-corrected chi connectivity index (χ0v) is 15.9. The molecule has 1 aromatic carbocycles. The number of aromatic nitrogens is 3. The lowest BCUT2D eigenvalue weighted by molar-refractivity contribution is 0.0698. The highest BCUT2D eigenvalue weighted by Gasteiger charge is 2.25. The molecule has 3 heterocycles. The molecular weight excluding hydrogens is 404 g/mol. The number of benzene rings is 1. The molecular formula is C18H18ClF2N7O. The number of pyridine rings is 1. The first-order chi connectivity index (χ1) is 13.9. The summed E-state index contributed by atoms with van der Waals surface area (Å²) in [6.07, 6.45) is 0.736. The van der Waals surface area contributed by atoms with Crippen molar-refractivity contribution in [3.63, 3.8) is 0 Å². The second kappa shape index (κ2) is 7.90. The molecule has 1 saturated heterocycles. The first kappa shape index (κ1) is 19.5. The van der Waals surface area contributed by atoms with Crippen molar-refractivity contribution in [2.45, 2.75) is 6.17 Å². The summed E-state index contributed by atoms with van der Waals surface area (Å²) in [6.45, 7) is 2.15. The molecule has 2 aromatic heterocycles. The number of fused-ring (bicyclic) bond motifs is 1. The highest BCUT2D eigenvalue weighted by atomic mass is 35.5. The number of hydroxylamine groups is 1. The average Bonchev–Trinajstić information content (AvgIpc) is 3.10. The molecule has 8 nitrogen and oxygen atoms in total. The Kier molecular flexibility index (Phi) is 5.31. The number of imidazole rings is 1. The van der Waals surface area contributed by atoms with Gasteiger partial charge in [0.05, 0.1) is 16.2 Å². The summed E-state index contributed by atoms with van der Waals surface area (Å²) in [4.78, 5) is 13.5. The van der Waals surface area contributed by atoms with Crippen LogP contribution in [-0.2, 0) is 0 Å². The Labute approximate surface area is 169 Å². The topological polar surface area (TPSA) is 104 Å². The second-order valence-corrected chi connectivity index (χ2v) is 7.09. The summed E-state index contributed by atoms with van der Waals surface area (Å²) in [5.41, 5.74) is 1.32. The SMILES string of the molecule is N=C(c1ccnc2nc(NCCN3CC(F)C3)[nH]c12)N(O)c1ccc(F)c(Cl)c1. The molecule has 152 valence electrons. The number of alkyl halides is 1. The van der Waals surface area contributed by atoms with Crippen LogP contribution in [0.4, 0.5) is 20.4 Å². The van der Waals surface area contributed by atoms with Crippen molar-refractivity contribution in [1.29, 1.82) is 5.41 Å². The fraction of sp³-hybridized carbons (Fsp3) is 0.278. The summed E-state index contributed by atoms with van der Waals surface area (Å²) >= 11 is 5.76. The van der Waals surface area contributed by atoms with Gasteiger partial charge in [0, 0.05) is 37.9 Å². The third-order valence-corrected chi connectivity index (χ3v) is 4.93. The predicted molar refractivity (Wildman–Crippen MR) is 106 cm³/mol. The van der Waals surface area contributed by atoms with Crippen LogP contribution in [0.1, 0.15) is 5.56 Å². The molecule has 3 aromatic rings. The van der Waals surface area contributed by atoms with Gasteiger partial charge in [-0.25, -0.2) is 18.8 Å². The lowest BCUT2D eigenvalue weighted by Crippen LogP contribution is -2.49. The van der Waals surface area contributed by atoms with E-state index in [1.165, 1.54) is 18.3 Å². The van der Waals surface area contributed by atoms with Crippen LogP contribution in [-0.4, -0.2) is 63.2 Å². The maximum absolute atomic E-state index is 13.4. The Balaban J connectivity index is 1.51. The van der Waals surface area contributed by atoms with Crippen molar-refractivity contribution in [3.05, 3.63) is 46.9 Å². The number of likely N-dealkylation sites (tertiary alicyclic amines) is 1. The molecule has 0 aliphatic carbocycles. The van der Waals surface area contributed by atoms with Gasteiger partial charge < -0.3 is 10.3 Å². The van der Waals surface area contributed by atoms with Crippen LogP contribution in [0, 0.1) is 11.2 Å². The molecule has 11 heteroatoms. The molecule has 0 radical (unpaired) electrons. The summed E-state index contributed by atoms with van der Waals surface area (Å²) in [6, 6.07) is 5.20. The van der Waals surface area contributed by atoms with Crippen molar-refractivity contribution < 1.29 is 14.0 Å². The third-order valence-electron chi connectivity index (χ3n) is 4.64. The zero-order chi connectivity index (χ0) is 20.5. The van der Waals surface area contributed by atoms with Gasteiger partial charge in [0.1, 0.15) is 12.0 Å². The van der Waals surface area contributed by atoms with E-state index in [1.54, 1.807) is 6.07 Å². The normalized spacial score (nSPS) is 14.8. The number of aromatic amines is 1. The van der Waals surface area contributed by atoms with E-state index in [-0.39, 0.29) is 16.5 Å². The summed E-state index contributed by atoms with van der Waals surface area (Å²) in [5, 5.41) is 22.3. The minimum atomic E-state index is -0.739. The Bertz CT molecular complexity index is 1050. The van der Waals surface area contributed by atoms with Crippen molar-refractivity contribution >= 4 is 40.2 Å². The standard InChI is InChI=1S/C18H18ClF2N7O/c19-13-7-11(1-2-14(13)21)28(29)16(22)12-3-4-23-17-15(12)25-18(26-17)24-5-6-27-8-10(20)9-27/h1-4,7,10,22,29H,5-6,8-9H2,(H2,23,24,25,26). The van der Waals surface area contributed by atoms with Crippen LogP contribution in [0.2, 0.25) is 5.02 Å². The smallest absolute Gasteiger partial charge is 0.202 e. The van der Waals surface area contributed by atoms with Crippen LogP contribution >= 0.6 is 11.6 Å². The number of rotatable bonds is 6. The number of amidine groups is 1. The van der Waals surface area contributed by atoms with E-state index in [0.29, 0.717) is 53.9 Å². The van der Waals surface area contributed by atoms with Crippen LogP contribution in [0.25, 0.3) is 11.2 Å². The van der Waals surface area contributed by atoms with Crippen molar-refractivity contribution in [2.24, 2.45) is 0 Å². The summed E-state index contributed by atoms with van der Waals surface area (Å²) in [5.74, 6) is -0.421. The first-order valence-electron chi connectivity index (χ1n) is 8.90. The van der Waals surface area contributed by atoms with Crippen LogP contribution in [0.5, 0.6) is 0 Å². The summed E-state index contributed by atoms with van der Waals surface area (Å²) in [7, 11) is 0. The van der Waals surface area contributed by atoms with E-state index in [1.807, 2.05) is 4.90 Å². The molecule has 4 rings (SSSR count). The van der Waals surface area contributed by atoms with Gasteiger partial charge in [-0.05, 0) is 24.3 Å². The molecule has 4 N–H and O–H groups in total. The number of H-pyrrole nitrogens is 1. The highest BCUT2D eigenvalue weighted by molar-refractivity contribution is 6.31. The molecule has 0 bridgehead atoms. The Hall–Kier alpha value is -2.82. The van der Waals surface area contributed by atoms with Crippen LogP contribution < -0.4 is 10.4 Å². The molecule has 0 atom stereocenters. The van der Waals surface area contributed by atoms with E-state index >= 15 is 0 Å². The Morgan fingerprint density at radius 2 is 2.21 bits per heavy atom. The Morgan fingerprint density at radius 1 is 1.41 bits per heavy atom. The number of hydrogen-bond acceptors (Lipinski definition) is 6. The molecule has 1 fully saturated rings. The number of nitrogens with one attached hydrogen (secondary N) is 3. The maximum atomic E-state index is 13.4. The monoisotopic (exact) mass is 421 g/mol. The number of hydrogen-bond donors (Lipinski definition) is 4. The molecule has 0 spiro atoms. The molecule has 0 unspecified atom stereocenters. The molecule has 0 amide bonds. The van der Waals surface area contributed by atoms with E-state index in [9.17, 15) is 14.0 Å². The van der Waals surface area contributed by atoms with E-state index < -0.39 is 12.0 Å². The Morgan fingerprint density at radius 3 is 2.93 bits per heavy atom. The minimum absolute atomic E-state index is 0.143. The largest absolute Gasteiger partial charge is 0.354 e. The van der Waals surface area contributed by atoms with Gasteiger partial charge in [-0.2, -0.15) is 4.98 Å². The van der Waals surface area contributed by atoms with Crippen LogP contribution in [0.3, 0.4) is 0 Å². The quantitative estimate of drug-likeness (QED) is 0.277. The van der Waals surface area contributed by atoms with Gasteiger partial charge in [0.25, 0.3) is 0 Å². The number of anilines is 2. The maximum Gasteiger partial charge on any atom is 0.202 e. The molecule has 1 aliphatic heterocycles. The van der Waals surface area contributed by atoms with Crippen molar-refractivity contribution in [2.75, 3.05) is 36.6 Å². The van der Waals surface area contributed by atoms with Gasteiger partial charge in [0.2, 0.25) is 5.95 Å². The van der Waals surface area contributed by atoms with Gasteiger partial charge in [-0.15, -0.1) is 0 Å². The first-order valence-corrected chi connectivity index (χ1v) is 9.28. The number of nitrogens with zero attached hydrogens (tertiary/aromatic N) is 4. The molecule has 29 heavy (non-hydrogen) atoms. The second-order valence-electron chi connectivity index (χ2n) is 6.68. The highest BCUT2D eigenvalue weighted by Crippen LogP contribution is 2.25. The zero-order valence-electron chi connectivity index (χ0n) is 15.2. The van der Waals surface area contributed by atoms with Gasteiger partial charge in [0.15, 0.2) is 11.5 Å². The van der Waals surface area contributed by atoms with Crippen LogP contribution in [0.15, 0.2) is 30.5 Å². The fourth-order valence-electron chi connectivity index (χ4n) is 3.07. The van der Waals surface area contributed by atoms with Gasteiger partial charge in [-0.1, -0.05) is 11.6 Å². The van der Waals surface area contributed by atoms with Crippen molar-refractivity contribution in [1.82, 2.24) is 19.9 Å². The van der Waals surface area contributed by atoms with E-state index in [0.717, 1.165) is 6.07 Å².